The van der Waals surface area contributed by atoms with E-state index in [9.17, 15) is 14.4 Å². The van der Waals surface area contributed by atoms with Crippen molar-refractivity contribution in [3.05, 3.63) is 55.3 Å². The number of nitrogens with one attached hydrogen (secondary N) is 1. The molecule has 1 heterocycles. The van der Waals surface area contributed by atoms with Gasteiger partial charge in [0.1, 0.15) is 6.54 Å². The van der Waals surface area contributed by atoms with E-state index in [0.29, 0.717) is 24.7 Å². The van der Waals surface area contributed by atoms with Gasteiger partial charge < -0.3 is 10.1 Å². The minimum atomic E-state index is -0.456. The first-order chi connectivity index (χ1) is 16.5. The Morgan fingerprint density at radius 1 is 1.06 bits per heavy atom. The fraction of sp³-hybridized carbons (Fsp3) is 0.552. The second-order valence-electron chi connectivity index (χ2n) is 10.5. The molecule has 5 nitrogen and oxygen atoms in total. The van der Waals surface area contributed by atoms with Crippen LogP contribution in [0.2, 0.25) is 0 Å². The Morgan fingerprint density at radius 2 is 1.74 bits per heavy atom. The van der Waals surface area contributed by atoms with E-state index in [2.05, 4.69) is 56.8 Å². The highest BCUT2D eigenvalue weighted by Gasteiger charge is 2.31. The van der Waals surface area contributed by atoms with Crippen molar-refractivity contribution < 1.29 is 19.1 Å². The number of hydrogen-bond donors (Lipinski definition) is 1. The highest BCUT2D eigenvalue weighted by Crippen LogP contribution is 2.42. The van der Waals surface area contributed by atoms with Crippen LogP contribution >= 0.6 is 11.3 Å². The number of carbonyl (C=O) groups excluding carboxylic acids is 3. The number of Topliss-reactive ketones (excluding diaryl/α,β-unsaturated/α-hetero) is 1. The Kier molecular flexibility index (Phi) is 8.92. The van der Waals surface area contributed by atoms with Crippen molar-refractivity contribution in [1.29, 1.82) is 0 Å². The number of methoxy groups -OCH3 is 1. The molecule has 0 aliphatic heterocycles. The van der Waals surface area contributed by atoms with E-state index in [0.717, 1.165) is 59.2 Å². The largest absolute Gasteiger partial charge is 0.468 e. The average Bonchev–Trinajstić information content (AvgIpc) is 3.17. The van der Waals surface area contributed by atoms with Crippen LogP contribution in [0, 0.1) is 19.3 Å². The molecule has 2 aromatic rings. The third-order valence-electron chi connectivity index (χ3n) is 7.14. The lowest BCUT2D eigenvalue weighted by atomic mass is 9.74. The summed E-state index contributed by atoms with van der Waals surface area (Å²) in [7, 11) is 1.30. The lowest BCUT2D eigenvalue weighted by Gasteiger charge is -2.30. The number of benzene rings is 1. The molecule has 0 atom stereocenters. The number of esters is 1. The lowest BCUT2D eigenvalue weighted by molar-refractivity contribution is -0.141. The van der Waals surface area contributed by atoms with Gasteiger partial charge in [0.25, 0.3) is 0 Å². The van der Waals surface area contributed by atoms with Gasteiger partial charge in [-0.2, -0.15) is 0 Å². The maximum absolute atomic E-state index is 13.3. The predicted octanol–water partition coefficient (Wildman–Crippen LogP) is 5.48. The SMILES string of the molecule is CCc1sc(C(=O)CCc2cc(C)c(CCC(=O)NCC(=O)OC)c(C)c2)c2c1CC(C)(C)CC2. The van der Waals surface area contributed by atoms with Gasteiger partial charge in [-0.3, -0.25) is 14.4 Å². The Labute approximate surface area is 213 Å². The van der Waals surface area contributed by atoms with Gasteiger partial charge >= 0.3 is 5.97 Å². The van der Waals surface area contributed by atoms with Gasteiger partial charge in [-0.15, -0.1) is 11.3 Å². The topological polar surface area (TPSA) is 72.5 Å². The molecule has 1 aliphatic carbocycles. The fourth-order valence-electron chi connectivity index (χ4n) is 5.13. The molecule has 190 valence electrons. The second-order valence-corrected chi connectivity index (χ2v) is 11.6. The number of hydrogen-bond acceptors (Lipinski definition) is 5. The number of carbonyl (C=O) groups is 3. The zero-order chi connectivity index (χ0) is 25.8. The van der Waals surface area contributed by atoms with E-state index in [-0.39, 0.29) is 18.2 Å². The quantitative estimate of drug-likeness (QED) is 0.349. The molecule has 1 aromatic carbocycles. The summed E-state index contributed by atoms with van der Waals surface area (Å²) in [6, 6.07) is 4.29. The molecule has 3 rings (SSSR count). The van der Waals surface area contributed by atoms with Gasteiger partial charge in [0.15, 0.2) is 5.78 Å². The van der Waals surface area contributed by atoms with E-state index in [1.54, 1.807) is 11.3 Å². The van der Waals surface area contributed by atoms with Gasteiger partial charge in [-0.25, -0.2) is 0 Å². The van der Waals surface area contributed by atoms with Crippen LogP contribution in [0.15, 0.2) is 12.1 Å². The first-order valence-corrected chi connectivity index (χ1v) is 13.5. The number of thiophene rings is 1. The van der Waals surface area contributed by atoms with E-state index in [1.807, 2.05) is 0 Å². The molecule has 0 bridgehead atoms. The fourth-order valence-corrected chi connectivity index (χ4v) is 6.40. The number of aryl methyl sites for hydroxylation is 4. The summed E-state index contributed by atoms with van der Waals surface area (Å²) >= 11 is 1.73. The number of amides is 1. The average molecular weight is 498 g/mol. The second kappa shape index (κ2) is 11.5. The van der Waals surface area contributed by atoms with Crippen molar-refractivity contribution in [2.45, 2.75) is 86.0 Å². The summed E-state index contributed by atoms with van der Waals surface area (Å²) in [5.74, 6) is -0.354. The van der Waals surface area contributed by atoms with Gasteiger partial charge in [-0.1, -0.05) is 32.9 Å². The van der Waals surface area contributed by atoms with Crippen LogP contribution in [0.3, 0.4) is 0 Å². The molecule has 1 aliphatic rings. The molecule has 0 fully saturated rings. The van der Waals surface area contributed by atoms with Crippen molar-refractivity contribution in [1.82, 2.24) is 5.32 Å². The first kappa shape index (κ1) is 27.1. The lowest BCUT2D eigenvalue weighted by Crippen LogP contribution is -2.30. The van der Waals surface area contributed by atoms with Crippen LogP contribution in [-0.4, -0.2) is 31.3 Å². The van der Waals surface area contributed by atoms with Crippen LogP contribution in [0.25, 0.3) is 0 Å². The van der Waals surface area contributed by atoms with Crippen molar-refractivity contribution in [3.63, 3.8) is 0 Å². The molecule has 0 radical (unpaired) electrons. The van der Waals surface area contributed by atoms with Gasteiger partial charge in [0, 0.05) is 17.7 Å². The summed E-state index contributed by atoms with van der Waals surface area (Å²) in [4.78, 5) is 38.9. The van der Waals surface area contributed by atoms with Crippen LogP contribution in [-0.2, 0) is 46.4 Å². The Balaban J connectivity index is 1.63. The highest BCUT2D eigenvalue weighted by atomic mass is 32.1. The zero-order valence-electron chi connectivity index (χ0n) is 22.1. The van der Waals surface area contributed by atoms with Crippen molar-refractivity contribution in [2.75, 3.05) is 13.7 Å². The first-order valence-electron chi connectivity index (χ1n) is 12.6. The molecule has 6 heteroatoms. The highest BCUT2D eigenvalue weighted by molar-refractivity contribution is 7.14. The molecular weight excluding hydrogens is 458 g/mol. The monoisotopic (exact) mass is 497 g/mol. The maximum Gasteiger partial charge on any atom is 0.325 e. The summed E-state index contributed by atoms with van der Waals surface area (Å²) < 4.78 is 4.55. The smallest absolute Gasteiger partial charge is 0.325 e. The number of ketones is 1. The number of fused-ring (bicyclic) bond motifs is 1. The van der Waals surface area contributed by atoms with E-state index in [4.69, 9.17) is 0 Å². The van der Waals surface area contributed by atoms with Crippen LogP contribution < -0.4 is 5.32 Å². The summed E-state index contributed by atoms with van der Waals surface area (Å²) in [6.07, 6.45) is 6.40. The molecule has 1 N–H and O–H groups in total. The van der Waals surface area contributed by atoms with Crippen molar-refractivity contribution in [3.8, 4) is 0 Å². The molecule has 35 heavy (non-hydrogen) atoms. The molecule has 0 saturated carbocycles. The van der Waals surface area contributed by atoms with Crippen LogP contribution in [0.4, 0.5) is 0 Å². The van der Waals surface area contributed by atoms with E-state index in [1.165, 1.54) is 23.1 Å². The van der Waals surface area contributed by atoms with E-state index >= 15 is 0 Å². The van der Waals surface area contributed by atoms with Crippen LogP contribution in [0.1, 0.15) is 88.0 Å². The third-order valence-corrected chi connectivity index (χ3v) is 8.60. The summed E-state index contributed by atoms with van der Waals surface area (Å²) in [5, 5.41) is 2.58. The zero-order valence-corrected chi connectivity index (χ0v) is 22.9. The predicted molar refractivity (Wildman–Crippen MR) is 141 cm³/mol. The third kappa shape index (κ3) is 6.81. The van der Waals surface area contributed by atoms with Gasteiger partial charge in [-0.05, 0) is 91.2 Å². The molecule has 0 spiro atoms. The molecule has 1 amide bonds. The number of rotatable bonds is 10. The van der Waals surface area contributed by atoms with Crippen molar-refractivity contribution in [2.24, 2.45) is 5.41 Å². The molecule has 0 unspecified atom stereocenters. The number of ether oxygens (including phenoxy) is 1. The minimum absolute atomic E-state index is 0.106. The maximum atomic E-state index is 13.3. The molecular formula is C29H39NO4S. The van der Waals surface area contributed by atoms with Crippen LogP contribution in [0.5, 0.6) is 0 Å². The Morgan fingerprint density at radius 3 is 2.37 bits per heavy atom. The standard InChI is InChI=1S/C29H39NO4S/c1-7-25-23-16-29(4,5)13-12-22(23)28(35-25)24(31)10-8-20-14-18(2)21(19(3)15-20)9-11-26(32)30-17-27(33)34-6/h14-15H,7-13,16-17H2,1-6H3,(H,30,32). The van der Waals surface area contributed by atoms with Gasteiger partial charge in [0.2, 0.25) is 5.91 Å². The summed E-state index contributed by atoms with van der Waals surface area (Å²) in [6.45, 7) is 10.9. The molecule has 0 saturated heterocycles. The van der Waals surface area contributed by atoms with E-state index < -0.39 is 5.97 Å². The molecule has 1 aromatic heterocycles. The van der Waals surface area contributed by atoms with Crippen molar-refractivity contribution >= 4 is 29.0 Å². The normalized spacial score (nSPS) is 14.3. The minimum Gasteiger partial charge on any atom is -0.468 e. The Bertz CT molecular complexity index is 1090. The summed E-state index contributed by atoms with van der Waals surface area (Å²) in [5.41, 5.74) is 7.67. The van der Waals surface area contributed by atoms with Gasteiger partial charge in [0.05, 0.1) is 12.0 Å². The Hall–Kier alpha value is -2.47.